The maximum absolute atomic E-state index is 12.6. The Bertz CT molecular complexity index is 1030. The molecule has 0 unspecified atom stereocenters. The smallest absolute Gasteiger partial charge is 0.244 e. The van der Waals surface area contributed by atoms with Crippen LogP contribution in [0, 0.1) is 0 Å². The molecular weight excluding hydrogens is 348 g/mol. The van der Waals surface area contributed by atoms with E-state index >= 15 is 0 Å². The van der Waals surface area contributed by atoms with Crippen LogP contribution in [-0.2, 0) is 0 Å². The molecule has 2 heterocycles. The normalized spacial score (nSPS) is 11.4. The van der Waals surface area contributed by atoms with Crippen LogP contribution < -0.4 is 0 Å². The van der Waals surface area contributed by atoms with E-state index in [-0.39, 0.29) is 6.03 Å². The first-order chi connectivity index (χ1) is 13.8. The topological polar surface area (TPSA) is 52.7 Å². The van der Waals surface area contributed by atoms with Crippen LogP contribution in [0.25, 0.3) is 24.3 Å². The van der Waals surface area contributed by atoms with Crippen molar-refractivity contribution < 1.29 is 4.79 Å². The number of nitrogens with zero attached hydrogens (tertiary/aromatic N) is 4. The molecule has 0 spiro atoms. The number of carbonyl (C=O) groups is 1. The molecule has 0 aliphatic carbocycles. The van der Waals surface area contributed by atoms with Gasteiger partial charge in [0, 0.05) is 12.4 Å². The fraction of sp³-hybridized carbons (Fsp3) is 0. The van der Waals surface area contributed by atoms with E-state index in [1.165, 1.54) is 9.36 Å². The Hall–Kier alpha value is -3.99. The first-order valence-corrected chi connectivity index (χ1v) is 8.90. The minimum Gasteiger partial charge on any atom is -0.244 e. The minimum absolute atomic E-state index is 0.335. The second kappa shape index (κ2) is 8.14. The van der Waals surface area contributed by atoms with Crippen molar-refractivity contribution in [2.75, 3.05) is 0 Å². The highest BCUT2D eigenvalue weighted by atomic mass is 16.2. The molecule has 0 saturated heterocycles. The standard InChI is InChI=1S/C23H18N4O/c28-23(26-17-15-21(24-26)13-11-19-7-3-1-4-8-19)27-18-16-22(25-27)14-12-20-9-5-2-6-10-20/h1-18H. The van der Waals surface area contributed by atoms with Gasteiger partial charge in [0.05, 0.1) is 11.4 Å². The number of hydrogen-bond acceptors (Lipinski definition) is 3. The summed E-state index contributed by atoms with van der Waals surface area (Å²) in [6.07, 6.45) is 10.9. The van der Waals surface area contributed by atoms with Gasteiger partial charge in [-0.2, -0.15) is 19.6 Å². The van der Waals surface area contributed by atoms with Crippen molar-refractivity contribution in [3.05, 3.63) is 108 Å². The summed E-state index contributed by atoms with van der Waals surface area (Å²) in [7, 11) is 0. The van der Waals surface area contributed by atoms with Crippen LogP contribution in [0.5, 0.6) is 0 Å². The van der Waals surface area contributed by atoms with Crippen LogP contribution in [0.15, 0.2) is 85.2 Å². The fourth-order valence-corrected chi connectivity index (χ4v) is 2.66. The average molecular weight is 366 g/mol. The highest BCUT2D eigenvalue weighted by Gasteiger charge is 2.10. The predicted molar refractivity (Wildman–Crippen MR) is 111 cm³/mol. The number of carbonyl (C=O) groups excluding carboxylic acids is 1. The first kappa shape index (κ1) is 17.4. The molecule has 0 bridgehead atoms. The second-order valence-electron chi connectivity index (χ2n) is 6.14. The van der Waals surface area contributed by atoms with Crippen molar-refractivity contribution in [2.45, 2.75) is 0 Å². The Balaban J connectivity index is 1.45. The van der Waals surface area contributed by atoms with E-state index in [0.29, 0.717) is 11.4 Å². The highest BCUT2D eigenvalue weighted by molar-refractivity contribution is 5.79. The zero-order valence-electron chi connectivity index (χ0n) is 15.1. The summed E-state index contributed by atoms with van der Waals surface area (Å²) >= 11 is 0. The lowest BCUT2D eigenvalue weighted by atomic mass is 10.2. The molecule has 4 rings (SSSR count). The lowest BCUT2D eigenvalue weighted by Crippen LogP contribution is -2.20. The second-order valence-corrected chi connectivity index (χ2v) is 6.14. The van der Waals surface area contributed by atoms with Gasteiger partial charge in [0.1, 0.15) is 0 Å². The zero-order chi connectivity index (χ0) is 19.2. The third-order valence-corrected chi connectivity index (χ3v) is 4.10. The molecule has 0 fully saturated rings. The summed E-state index contributed by atoms with van der Waals surface area (Å²) in [4.78, 5) is 12.6. The molecule has 0 N–H and O–H groups in total. The first-order valence-electron chi connectivity index (χ1n) is 8.90. The molecule has 2 aromatic heterocycles. The molecule has 28 heavy (non-hydrogen) atoms. The molecule has 0 aliphatic rings. The van der Waals surface area contributed by atoms with Crippen LogP contribution in [0.2, 0.25) is 0 Å². The zero-order valence-corrected chi connectivity index (χ0v) is 15.1. The van der Waals surface area contributed by atoms with E-state index < -0.39 is 0 Å². The number of rotatable bonds is 4. The predicted octanol–water partition coefficient (Wildman–Crippen LogP) is 4.94. The minimum atomic E-state index is -0.335. The van der Waals surface area contributed by atoms with E-state index in [2.05, 4.69) is 10.2 Å². The molecule has 5 nitrogen and oxygen atoms in total. The van der Waals surface area contributed by atoms with E-state index in [1.807, 2.05) is 85.0 Å². The van der Waals surface area contributed by atoms with Gasteiger partial charge >= 0.3 is 6.03 Å². The number of aromatic nitrogens is 4. The van der Waals surface area contributed by atoms with Gasteiger partial charge in [-0.3, -0.25) is 0 Å². The Labute approximate surface area is 162 Å². The van der Waals surface area contributed by atoms with Gasteiger partial charge in [-0.15, -0.1) is 0 Å². The summed E-state index contributed by atoms with van der Waals surface area (Å²) in [5.41, 5.74) is 3.55. The number of hydrogen-bond donors (Lipinski definition) is 0. The summed E-state index contributed by atoms with van der Waals surface area (Å²) in [5.74, 6) is 0. The van der Waals surface area contributed by atoms with Gasteiger partial charge in [0.15, 0.2) is 0 Å². The van der Waals surface area contributed by atoms with Crippen LogP contribution in [0.1, 0.15) is 22.5 Å². The lowest BCUT2D eigenvalue weighted by molar-refractivity contribution is 0.238. The van der Waals surface area contributed by atoms with E-state index in [9.17, 15) is 4.79 Å². The molecule has 2 aromatic carbocycles. The molecule has 0 amide bonds. The molecule has 5 heteroatoms. The Morgan fingerprint density at radius 2 is 1.04 bits per heavy atom. The van der Waals surface area contributed by atoms with Crippen molar-refractivity contribution in [2.24, 2.45) is 0 Å². The fourth-order valence-electron chi connectivity index (χ4n) is 2.66. The largest absolute Gasteiger partial charge is 0.369 e. The summed E-state index contributed by atoms with van der Waals surface area (Å²) < 4.78 is 2.56. The third kappa shape index (κ3) is 4.22. The molecule has 0 radical (unpaired) electrons. The molecule has 0 atom stereocenters. The van der Waals surface area contributed by atoms with E-state index in [0.717, 1.165) is 11.1 Å². The SMILES string of the molecule is O=C(n1ccc(C=Cc2ccccc2)n1)n1ccc(C=Cc2ccccc2)n1. The maximum atomic E-state index is 12.6. The Kier molecular flexibility index (Phi) is 5.06. The van der Waals surface area contributed by atoms with Gasteiger partial charge in [0.25, 0.3) is 0 Å². The average Bonchev–Trinajstić information content (AvgIpc) is 3.42. The van der Waals surface area contributed by atoms with E-state index in [4.69, 9.17) is 0 Å². The van der Waals surface area contributed by atoms with Crippen molar-refractivity contribution in [1.82, 2.24) is 19.6 Å². The Morgan fingerprint density at radius 1 is 0.607 bits per heavy atom. The molecule has 0 saturated carbocycles. The quantitative estimate of drug-likeness (QED) is 0.514. The summed E-state index contributed by atoms with van der Waals surface area (Å²) in [6.45, 7) is 0. The van der Waals surface area contributed by atoms with Gasteiger partial charge in [-0.1, -0.05) is 72.8 Å². The van der Waals surface area contributed by atoms with Crippen LogP contribution in [-0.4, -0.2) is 25.6 Å². The molecule has 0 aliphatic heterocycles. The van der Waals surface area contributed by atoms with Gasteiger partial charge in [-0.25, -0.2) is 4.79 Å². The highest BCUT2D eigenvalue weighted by Crippen LogP contribution is 2.08. The van der Waals surface area contributed by atoms with E-state index in [1.54, 1.807) is 24.5 Å². The van der Waals surface area contributed by atoms with Gasteiger partial charge in [0.2, 0.25) is 0 Å². The number of benzene rings is 2. The Morgan fingerprint density at radius 3 is 1.46 bits per heavy atom. The molecular formula is C23H18N4O. The van der Waals surface area contributed by atoms with Gasteiger partial charge < -0.3 is 0 Å². The van der Waals surface area contributed by atoms with Crippen LogP contribution in [0.4, 0.5) is 4.79 Å². The molecule has 4 aromatic rings. The maximum Gasteiger partial charge on any atom is 0.369 e. The van der Waals surface area contributed by atoms with Crippen molar-refractivity contribution >= 4 is 30.3 Å². The lowest BCUT2D eigenvalue weighted by Gasteiger charge is -1.98. The third-order valence-electron chi connectivity index (χ3n) is 4.10. The van der Waals surface area contributed by atoms with Crippen molar-refractivity contribution in [3.8, 4) is 0 Å². The van der Waals surface area contributed by atoms with Crippen molar-refractivity contribution in [3.63, 3.8) is 0 Å². The monoisotopic (exact) mass is 366 g/mol. The van der Waals surface area contributed by atoms with Crippen molar-refractivity contribution in [1.29, 1.82) is 0 Å². The van der Waals surface area contributed by atoms with Gasteiger partial charge in [-0.05, 0) is 35.4 Å². The summed E-state index contributed by atoms with van der Waals surface area (Å²) in [6, 6.07) is 23.1. The van der Waals surface area contributed by atoms with Crippen LogP contribution in [0.3, 0.4) is 0 Å². The van der Waals surface area contributed by atoms with Crippen LogP contribution >= 0.6 is 0 Å². The molecule has 136 valence electrons. The summed E-state index contributed by atoms with van der Waals surface area (Å²) in [5, 5.41) is 8.61.